The first-order valence-electron chi connectivity index (χ1n) is 12.8. The molecule has 1 aliphatic rings. The maximum atomic E-state index is 6.08. The van der Waals surface area contributed by atoms with E-state index >= 15 is 0 Å². The van der Waals surface area contributed by atoms with Gasteiger partial charge in [-0.15, -0.1) is 0 Å². The van der Waals surface area contributed by atoms with Crippen LogP contribution in [0.3, 0.4) is 0 Å². The predicted octanol–water partition coefficient (Wildman–Crippen LogP) is 7.72. The molecule has 0 radical (unpaired) electrons. The number of methoxy groups -OCH3 is 1. The van der Waals surface area contributed by atoms with Crippen LogP contribution in [0, 0.1) is 0 Å². The Morgan fingerprint density at radius 2 is 1.53 bits per heavy atom. The Balaban J connectivity index is 1.51. The van der Waals surface area contributed by atoms with E-state index in [9.17, 15) is 0 Å². The van der Waals surface area contributed by atoms with Crippen LogP contribution in [-0.2, 0) is 18.6 Å². The molecule has 5 rings (SSSR count). The quantitative estimate of drug-likeness (QED) is 0.272. The zero-order valence-corrected chi connectivity index (χ0v) is 21.7. The van der Waals surface area contributed by atoms with Crippen LogP contribution >= 0.6 is 0 Å². The van der Waals surface area contributed by atoms with E-state index in [2.05, 4.69) is 105 Å². The summed E-state index contributed by atoms with van der Waals surface area (Å²) in [5.41, 5.74) is 7.36. The molecule has 0 aromatic heterocycles. The number of hydrogen-bond donors (Lipinski definition) is 0. The molecule has 0 saturated carbocycles. The van der Waals surface area contributed by atoms with Gasteiger partial charge in [0, 0.05) is 12.2 Å². The average molecular weight is 478 g/mol. The van der Waals surface area contributed by atoms with Crippen LogP contribution in [0.15, 0.2) is 97.1 Å². The van der Waals surface area contributed by atoms with Crippen LogP contribution in [0.2, 0.25) is 0 Å². The first kappa shape index (κ1) is 24.0. The molecule has 36 heavy (non-hydrogen) atoms. The number of fused-ring (bicyclic) bond motifs is 1. The van der Waals surface area contributed by atoms with Gasteiger partial charge in [-0.3, -0.25) is 0 Å². The lowest BCUT2D eigenvalue weighted by Gasteiger charge is -2.48. The largest absolute Gasteiger partial charge is 0.497 e. The molecule has 1 aliphatic heterocycles. The lowest BCUT2D eigenvalue weighted by Crippen LogP contribution is -2.49. The third-order valence-electron chi connectivity index (χ3n) is 7.52. The molecular weight excluding hydrogens is 442 g/mol. The standard InChI is InChI=1S/C33H35NO2/c1-24(2)26-10-14-29(15-11-26)34-21-20-27-22-31(35-4)18-19-32(27)33(34,3)28-12-16-30(17-13-28)36-23-25-8-6-5-7-9-25/h5-19,22,24H,20-21,23H2,1-4H3. The lowest BCUT2D eigenvalue weighted by atomic mass is 9.76. The summed E-state index contributed by atoms with van der Waals surface area (Å²) in [5.74, 6) is 2.31. The van der Waals surface area contributed by atoms with Crippen molar-refractivity contribution in [1.82, 2.24) is 0 Å². The van der Waals surface area contributed by atoms with Gasteiger partial charge in [0.15, 0.2) is 0 Å². The number of hydrogen-bond acceptors (Lipinski definition) is 3. The summed E-state index contributed by atoms with van der Waals surface area (Å²) in [5, 5.41) is 0. The minimum atomic E-state index is -0.322. The zero-order chi connectivity index (χ0) is 25.1. The molecular formula is C33H35NO2. The maximum Gasteiger partial charge on any atom is 0.119 e. The van der Waals surface area contributed by atoms with Gasteiger partial charge in [-0.2, -0.15) is 0 Å². The molecule has 4 aromatic rings. The van der Waals surface area contributed by atoms with Gasteiger partial charge >= 0.3 is 0 Å². The van der Waals surface area contributed by atoms with Crippen LogP contribution in [0.4, 0.5) is 5.69 Å². The molecule has 1 atom stereocenters. The summed E-state index contributed by atoms with van der Waals surface area (Å²) in [6, 6.07) is 34.5. The third-order valence-corrected chi connectivity index (χ3v) is 7.52. The Bertz CT molecular complexity index is 1300. The highest BCUT2D eigenvalue weighted by atomic mass is 16.5. The molecule has 0 aliphatic carbocycles. The van der Waals surface area contributed by atoms with Gasteiger partial charge in [-0.25, -0.2) is 0 Å². The van der Waals surface area contributed by atoms with Crippen LogP contribution in [-0.4, -0.2) is 13.7 Å². The van der Waals surface area contributed by atoms with Crippen molar-refractivity contribution in [3.8, 4) is 11.5 Å². The van der Waals surface area contributed by atoms with Gasteiger partial charge < -0.3 is 14.4 Å². The van der Waals surface area contributed by atoms with E-state index < -0.39 is 0 Å². The monoisotopic (exact) mass is 477 g/mol. The van der Waals surface area contributed by atoms with Crippen molar-refractivity contribution < 1.29 is 9.47 Å². The van der Waals surface area contributed by atoms with E-state index in [1.807, 2.05) is 18.2 Å². The Labute approximate surface area is 215 Å². The van der Waals surface area contributed by atoms with Crippen LogP contribution in [0.1, 0.15) is 54.5 Å². The molecule has 3 heteroatoms. The highest BCUT2D eigenvalue weighted by Gasteiger charge is 2.40. The van der Waals surface area contributed by atoms with E-state index in [1.165, 1.54) is 33.5 Å². The van der Waals surface area contributed by atoms with Gasteiger partial charge in [0.05, 0.1) is 12.6 Å². The van der Waals surface area contributed by atoms with Crippen LogP contribution < -0.4 is 14.4 Å². The van der Waals surface area contributed by atoms with E-state index in [1.54, 1.807) is 7.11 Å². The normalized spacial score (nSPS) is 17.1. The number of benzene rings is 4. The van der Waals surface area contributed by atoms with Crippen molar-refractivity contribution in [3.63, 3.8) is 0 Å². The molecule has 0 amide bonds. The molecule has 0 bridgehead atoms. The van der Waals surface area contributed by atoms with Gasteiger partial charge in [0.2, 0.25) is 0 Å². The summed E-state index contributed by atoms with van der Waals surface area (Å²) in [6.45, 7) is 8.32. The maximum absolute atomic E-state index is 6.08. The van der Waals surface area contributed by atoms with Gasteiger partial charge in [0.1, 0.15) is 18.1 Å². The van der Waals surface area contributed by atoms with E-state index in [0.29, 0.717) is 12.5 Å². The molecule has 0 spiro atoms. The molecule has 1 heterocycles. The van der Waals surface area contributed by atoms with Crippen LogP contribution in [0.25, 0.3) is 0 Å². The van der Waals surface area contributed by atoms with Crippen molar-refractivity contribution >= 4 is 5.69 Å². The SMILES string of the molecule is COc1ccc2c(c1)CCN(c1ccc(C(C)C)cc1)C2(C)c1ccc(OCc2ccccc2)cc1. The summed E-state index contributed by atoms with van der Waals surface area (Å²) in [7, 11) is 1.74. The molecule has 4 aromatic carbocycles. The third kappa shape index (κ3) is 4.58. The smallest absolute Gasteiger partial charge is 0.119 e. The Hall–Kier alpha value is -3.72. The second-order valence-electron chi connectivity index (χ2n) is 10.0. The minimum absolute atomic E-state index is 0.322. The van der Waals surface area contributed by atoms with Gasteiger partial charge in [-0.05, 0) is 83.5 Å². The predicted molar refractivity (Wildman–Crippen MR) is 148 cm³/mol. The fourth-order valence-corrected chi connectivity index (χ4v) is 5.33. The lowest BCUT2D eigenvalue weighted by molar-refractivity contribution is 0.306. The zero-order valence-electron chi connectivity index (χ0n) is 21.7. The summed E-state index contributed by atoms with van der Waals surface area (Å²) < 4.78 is 11.6. The van der Waals surface area contributed by atoms with E-state index in [4.69, 9.17) is 9.47 Å². The Kier molecular flexibility index (Phi) is 6.73. The molecule has 1 unspecified atom stereocenters. The summed E-state index contributed by atoms with van der Waals surface area (Å²) in [6.07, 6.45) is 0.978. The van der Waals surface area contributed by atoms with E-state index in [-0.39, 0.29) is 5.54 Å². The first-order valence-corrected chi connectivity index (χ1v) is 12.8. The van der Waals surface area contributed by atoms with Crippen molar-refractivity contribution in [2.45, 2.75) is 45.3 Å². The molecule has 184 valence electrons. The Morgan fingerprint density at radius 3 is 2.19 bits per heavy atom. The highest BCUT2D eigenvalue weighted by Crippen LogP contribution is 2.44. The average Bonchev–Trinajstić information content (AvgIpc) is 2.92. The fourth-order valence-electron chi connectivity index (χ4n) is 5.33. The minimum Gasteiger partial charge on any atom is -0.497 e. The number of nitrogens with zero attached hydrogens (tertiary/aromatic N) is 1. The molecule has 0 N–H and O–H groups in total. The van der Waals surface area contributed by atoms with Crippen molar-refractivity contribution in [3.05, 3.63) is 125 Å². The topological polar surface area (TPSA) is 21.7 Å². The Morgan fingerprint density at radius 1 is 0.833 bits per heavy atom. The summed E-state index contributed by atoms with van der Waals surface area (Å²) >= 11 is 0. The molecule has 0 fully saturated rings. The van der Waals surface area contributed by atoms with Crippen molar-refractivity contribution in [2.75, 3.05) is 18.6 Å². The fraction of sp³-hybridized carbons (Fsp3) is 0.273. The second kappa shape index (κ2) is 10.1. The second-order valence-corrected chi connectivity index (χ2v) is 10.0. The van der Waals surface area contributed by atoms with Gasteiger partial charge in [0.25, 0.3) is 0 Å². The van der Waals surface area contributed by atoms with Crippen LogP contribution in [0.5, 0.6) is 11.5 Å². The van der Waals surface area contributed by atoms with Crippen molar-refractivity contribution in [2.24, 2.45) is 0 Å². The highest BCUT2D eigenvalue weighted by molar-refractivity contribution is 5.61. The number of rotatable bonds is 7. The first-order chi connectivity index (χ1) is 17.5. The molecule has 0 saturated heterocycles. The summed E-state index contributed by atoms with van der Waals surface area (Å²) in [4.78, 5) is 2.55. The number of ether oxygens (including phenoxy) is 2. The van der Waals surface area contributed by atoms with Gasteiger partial charge in [-0.1, -0.05) is 74.5 Å². The van der Waals surface area contributed by atoms with E-state index in [0.717, 1.165) is 24.5 Å². The number of anilines is 1. The molecule has 3 nitrogen and oxygen atoms in total. The van der Waals surface area contributed by atoms with Crippen molar-refractivity contribution in [1.29, 1.82) is 0 Å².